The van der Waals surface area contributed by atoms with Gasteiger partial charge in [-0.05, 0) is 55.3 Å². The Morgan fingerprint density at radius 1 is 1.03 bits per heavy atom. The van der Waals surface area contributed by atoms with Gasteiger partial charge in [-0.3, -0.25) is 9.59 Å². The number of benzene rings is 2. The van der Waals surface area contributed by atoms with E-state index in [1.54, 1.807) is 0 Å². The number of rotatable bonds is 8. The van der Waals surface area contributed by atoms with Crippen LogP contribution in [-0.4, -0.2) is 30.1 Å². The van der Waals surface area contributed by atoms with Gasteiger partial charge in [-0.25, -0.2) is 13.8 Å². The van der Waals surface area contributed by atoms with E-state index in [4.69, 9.17) is 10.5 Å². The minimum Gasteiger partial charge on any atom is -0.453 e. The molecule has 0 unspecified atom stereocenters. The van der Waals surface area contributed by atoms with E-state index in [1.807, 2.05) is 0 Å². The number of ether oxygens (including phenoxy) is 1. The number of amides is 2. The van der Waals surface area contributed by atoms with E-state index in [0.717, 1.165) is 6.07 Å². The van der Waals surface area contributed by atoms with Gasteiger partial charge in [-0.2, -0.15) is 0 Å². The molecule has 180 valence electrons. The first-order valence-corrected chi connectivity index (χ1v) is 10.5. The molecule has 0 bridgehead atoms. The highest BCUT2D eigenvalue weighted by Gasteiger charge is 2.56. The van der Waals surface area contributed by atoms with Crippen LogP contribution in [0.3, 0.4) is 0 Å². The van der Waals surface area contributed by atoms with E-state index < -0.39 is 28.9 Å². The predicted octanol–water partition coefficient (Wildman–Crippen LogP) is 4.07. The Labute approximate surface area is 198 Å². The highest BCUT2D eigenvalue weighted by Crippen LogP contribution is 2.47. The first kappa shape index (κ1) is 23.6. The number of nitrogens with two attached hydrogens (primary N) is 1. The first-order valence-electron chi connectivity index (χ1n) is 10.5. The fourth-order valence-electron chi connectivity index (χ4n) is 3.29. The van der Waals surface area contributed by atoms with Gasteiger partial charge >= 0.3 is 0 Å². The molecule has 3 aromatic rings. The van der Waals surface area contributed by atoms with Crippen molar-refractivity contribution in [1.82, 2.24) is 4.98 Å². The molecule has 2 amide bonds. The lowest BCUT2D eigenvalue weighted by Crippen LogP contribution is -2.35. The fraction of sp³-hybridized carbons (Fsp3) is 0.167. The van der Waals surface area contributed by atoms with Crippen molar-refractivity contribution in [2.75, 3.05) is 23.5 Å². The molecule has 11 heteroatoms. The van der Waals surface area contributed by atoms with E-state index >= 15 is 0 Å². The molecule has 0 spiro atoms. The topological polar surface area (TPSA) is 128 Å². The normalized spacial score (nSPS) is 13.8. The molecule has 4 rings (SSSR count). The Morgan fingerprint density at radius 2 is 1.69 bits per heavy atom. The van der Waals surface area contributed by atoms with Crippen molar-refractivity contribution in [3.8, 4) is 11.5 Å². The molecule has 9 nitrogen and oxygen atoms in total. The summed E-state index contributed by atoms with van der Waals surface area (Å²) in [4.78, 5) is 34.1. The fourth-order valence-corrected chi connectivity index (χ4v) is 3.29. The third-order valence-electron chi connectivity index (χ3n) is 5.40. The maximum atomic E-state index is 14.8. The zero-order valence-corrected chi connectivity index (χ0v) is 18.5. The van der Waals surface area contributed by atoms with Crippen LogP contribution < -0.4 is 21.1 Å². The van der Waals surface area contributed by atoms with Crippen LogP contribution in [0.1, 0.15) is 18.4 Å². The van der Waals surface area contributed by atoms with Gasteiger partial charge < -0.3 is 25.9 Å². The lowest BCUT2D eigenvalue weighted by atomic mass is 10.0. The maximum absolute atomic E-state index is 14.8. The SMILES string of the molecule is CO/N=C/c1c(Oc2ccc(NC(=O)C3(C(=O)Nc4ccc(F)cc4)CC3)cc2F)ccnc1N. The van der Waals surface area contributed by atoms with Crippen LogP contribution >= 0.6 is 0 Å². The van der Waals surface area contributed by atoms with Crippen molar-refractivity contribution in [3.05, 3.63) is 71.9 Å². The van der Waals surface area contributed by atoms with Gasteiger partial charge in [-0.1, -0.05) is 5.16 Å². The van der Waals surface area contributed by atoms with Gasteiger partial charge in [0.2, 0.25) is 11.8 Å². The zero-order chi connectivity index (χ0) is 25.0. The van der Waals surface area contributed by atoms with Crippen molar-refractivity contribution in [2.45, 2.75) is 12.8 Å². The van der Waals surface area contributed by atoms with Crippen LogP contribution in [0.5, 0.6) is 11.5 Å². The average molecular weight is 481 g/mol. The molecular weight excluding hydrogens is 460 g/mol. The standard InChI is InChI=1S/C24H21F2N5O4/c1-34-29-13-17-19(8-11-28-21(17)27)35-20-7-6-16(12-18(20)26)31-23(33)24(9-10-24)22(32)30-15-4-2-14(25)3-5-15/h2-8,11-13H,9-10H2,1H3,(H2,27,28)(H,30,32)(H,31,33)/b29-13+. The average Bonchev–Trinajstić information content (AvgIpc) is 3.64. The summed E-state index contributed by atoms with van der Waals surface area (Å²) in [5.74, 6) is -2.09. The van der Waals surface area contributed by atoms with E-state index in [-0.39, 0.29) is 23.0 Å². The highest BCUT2D eigenvalue weighted by molar-refractivity contribution is 6.16. The zero-order valence-electron chi connectivity index (χ0n) is 18.5. The van der Waals surface area contributed by atoms with Crippen LogP contribution in [0.25, 0.3) is 0 Å². The van der Waals surface area contributed by atoms with Crippen molar-refractivity contribution in [2.24, 2.45) is 10.6 Å². The smallest absolute Gasteiger partial charge is 0.240 e. The molecule has 2 aromatic carbocycles. The number of nitrogens with one attached hydrogen (secondary N) is 2. The third-order valence-corrected chi connectivity index (χ3v) is 5.40. The largest absolute Gasteiger partial charge is 0.453 e. The summed E-state index contributed by atoms with van der Waals surface area (Å²) in [5.41, 5.74) is 5.38. The maximum Gasteiger partial charge on any atom is 0.240 e. The van der Waals surface area contributed by atoms with Crippen LogP contribution in [0, 0.1) is 17.0 Å². The summed E-state index contributed by atoms with van der Waals surface area (Å²) in [5, 5.41) is 8.83. The first-order chi connectivity index (χ1) is 16.8. The lowest BCUT2D eigenvalue weighted by Gasteiger charge is -2.16. The van der Waals surface area contributed by atoms with Gasteiger partial charge in [0.1, 0.15) is 29.9 Å². The Balaban J connectivity index is 1.45. The van der Waals surface area contributed by atoms with Crippen molar-refractivity contribution < 1.29 is 27.9 Å². The number of halogens is 2. The molecule has 0 radical (unpaired) electrons. The second kappa shape index (κ2) is 9.75. The molecule has 1 aliphatic carbocycles. The molecule has 0 atom stereocenters. The number of nitrogen functional groups attached to an aromatic ring is 1. The summed E-state index contributed by atoms with van der Waals surface area (Å²) in [7, 11) is 1.36. The number of anilines is 3. The minimum atomic E-state index is -1.27. The van der Waals surface area contributed by atoms with E-state index in [2.05, 4.69) is 25.6 Å². The molecule has 1 saturated carbocycles. The number of hydrogen-bond donors (Lipinski definition) is 3. The van der Waals surface area contributed by atoms with Crippen molar-refractivity contribution >= 4 is 35.2 Å². The van der Waals surface area contributed by atoms with Crippen molar-refractivity contribution in [3.63, 3.8) is 0 Å². The number of aromatic nitrogens is 1. The minimum absolute atomic E-state index is 0.112. The molecule has 0 saturated heterocycles. The number of hydrogen-bond acceptors (Lipinski definition) is 7. The van der Waals surface area contributed by atoms with Crippen LogP contribution in [-0.2, 0) is 14.4 Å². The number of pyridine rings is 1. The summed E-state index contributed by atoms with van der Waals surface area (Å²) in [6.07, 6.45) is 3.36. The molecule has 0 aliphatic heterocycles. The van der Waals surface area contributed by atoms with E-state index in [0.29, 0.717) is 24.1 Å². The predicted molar refractivity (Wildman–Crippen MR) is 125 cm³/mol. The van der Waals surface area contributed by atoms with Crippen molar-refractivity contribution in [1.29, 1.82) is 0 Å². The summed E-state index contributed by atoms with van der Waals surface area (Å²) in [6, 6.07) is 10.5. The monoisotopic (exact) mass is 481 g/mol. The molecular formula is C24H21F2N5O4. The van der Waals surface area contributed by atoms with Gasteiger partial charge in [0.25, 0.3) is 0 Å². The van der Waals surface area contributed by atoms with Gasteiger partial charge in [0.05, 0.1) is 11.8 Å². The van der Waals surface area contributed by atoms with Crippen LogP contribution in [0.15, 0.2) is 59.9 Å². The number of carbonyl (C=O) groups excluding carboxylic acids is 2. The molecule has 4 N–H and O–H groups in total. The molecule has 35 heavy (non-hydrogen) atoms. The number of carbonyl (C=O) groups is 2. The molecule has 1 aromatic heterocycles. The van der Waals surface area contributed by atoms with Gasteiger partial charge in [-0.15, -0.1) is 0 Å². The van der Waals surface area contributed by atoms with Crippen LogP contribution in [0.2, 0.25) is 0 Å². The third kappa shape index (κ3) is 5.18. The molecule has 1 heterocycles. The Kier molecular flexibility index (Phi) is 6.58. The van der Waals surface area contributed by atoms with E-state index in [1.165, 1.54) is 62.0 Å². The van der Waals surface area contributed by atoms with Crippen LogP contribution in [0.4, 0.5) is 26.0 Å². The summed E-state index contributed by atoms with van der Waals surface area (Å²) in [6.45, 7) is 0. The Hall–Kier alpha value is -4.54. The van der Waals surface area contributed by atoms with Gasteiger partial charge in [0.15, 0.2) is 11.6 Å². The molecule has 1 aliphatic rings. The van der Waals surface area contributed by atoms with Gasteiger partial charge in [0, 0.05) is 23.6 Å². The summed E-state index contributed by atoms with van der Waals surface area (Å²) >= 11 is 0. The Morgan fingerprint density at radius 3 is 2.31 bits per heavy atom. The number of oxime groups is 1. The second-order valence-corrected chi connectivity index (χ2v) is 7.77. The highest BCUT2D eigenvalue weighted by atomic mass is 19.1. The molecule has 1 fully saturated rings. The Bertz CT molecular complexity index is 1290. The quantitative estimate of drug-likeness (QED) is 0.253. The van der Waals surface area contributed by atoms with E-state index in [9.17, 15) is 18.4 Å². The number of nitrogens with zero attached hydrogens (tertiary/aromatic N) is 2. The lowest BCUT2D eigenvalue weighted by molar-refractivity contribution is -0.131. The summed E-state index contributed by atoms with van der Waals surface area (Å²) < 4.78 is 33.5. The second-order valence-electron chi connectivity index (χ2n) is 7.77.